The van der Waals surface area contributed by atoms with Crippen LogP contribution in [0.15, 0.2) is 28.9 Å². The summed E-state index contributed by atoms with van der Waals surface area (Å²) in [7, 11) is 0.104. The van der Waals surface area contributed by atoms with Crippen molar-refractivity contribution >= 4 is 31.1 Å². The lowest BCUT2D eigenvalue weighted by Crippen LogP contribution is -2.46. The fourth-order valence-electron chi connectivity index (χ4n) is 6.55. The number of amides is 3. The lowest BCUT2D eigenvalue weighted by molar-refractivity contribution is -0.137. The van der Waals surface area contributed by atoms with E-state index in [1.807, 2.05) is 26.0 Å². The van der Waals surface area contributed by atoms with Crippen LogP contribution in [0.2, 0.25) is 6.32 Å². The molecule has 0 aromatic heterocycles. The van der Waals surface area contributed by atoms with Crippen LogP contribution in [0.25, 0.3) is 6.08 Å². The van der Waals surface area contributed by atoms with Crippen molar-refractivity contribution in [3.05, 3.63) is 45.5 Å². The van der Waals surface area contributed by atoms with Crippen molar-refractivity contribution in [1.82, 2.24) is 4.90 Å². The molecule has 4 atom stereocenters. The number of methoxy groups -OCH3 is 1. The van der Waals surface area contributed by atoms with Crippen molar-refractivity contribution < 1.29 is 33.9 Å². The van der Waals surface area contributed by atoms with Gasteiger partial charge < -0.3 is 19.5 Å². The third kappa shape index (κ3) is 5.18. The van der Waals surface area contributed by atoms with Gasteiger partial charge in [-0.25, -0.2) is 4.79 Å². The number of benzene rings is 1. The van der Waals surface area contributed by atoms with Gasteiger partial charge in [-0.05, 0) is 92.6 Å². The van der Waals surface area contributed by atoms with Gasteiger partial charge in [0.25, 0.3) is 0 Å². The Morgan fingerprint density at radius 2 is 1.87 bits per heavy atom. The maximum Gasteiger partial charge on any atom is 0.455 e. The van der Waals surface area contributed by atoms with Gasteiger partial charge in [-0.15, -0.1) is 0 Å². The van der Waals surface area contributed by atoms with E-state index < -0.39 is 36.9 Å². The lowest BCUT2D eigenvalue weighted by atomic mass is 9.58. The lowest BCUT2D eigenvalue weighted by Gasteiger charge is -2.43. The van der Waals surface area contributed by atoms with Gasteiger partial charge in [0.2, 0.25) is 11.8 Å². The van der Waals surface area contributed by atoms with Crippen LogP contribution < -0.4 is 0 Å². The summed E-state index contributed by atoms with van der Waals surface area (Å²) in [5, 5.41) is 20.8. The van der Waals surface area contributed by atoms with Gasteiger partial charge in [-0.1, -0.05) is 37.5 Å². The van der Waals surface area contributed by atoms with E-state index in [4.69, 9.17) is 9.39 Å². The molecule has 2 aliphatic heterocycles. The zero-order valence-electron chi connectivity index (χ0n) is 23.0. The minimum absolute atomic E-state index is 0.219. The summed E-state index contributed by atoms with van der Waals surface area (Å²) in [6.07, 6.45) is 5.30. The van der Waals surface area contributed by atoms with Crippen molar-refractivity contribution in [3.63, 3.8) is 0 Å². The number of likely N-dealkylation sites (tertiary alicyclic amines) is 1. The summed E-state index contributed by atoms with van der Waals surface area (Å²) in [5.74, 6) is -2.39. The molecular formula is C29H38BNO7. The monoisotopic (exact) mass is 523 g/mol. The molecule has 3 amide bonds. The van der Waals surface area contributed by atoms with Crippen LogP contribution in [0.1, 0.15) is 69.1 Å². The van der Waals surface area contributed by atoms with Crippen LogP contribution in [0.3, 0.4) is 0 Å². The van der Waals surface area contributed by atoms with E-state index in [2.05, 4.69) is 19.9 Å². The fraction of sp³-hybridized carbons (Fsp3) is 0.552. The Kier molecular flexibility index (Phi) is 8.47. The first-order chi connectivity index (χ1) is 18.1. The Balaban J connectivity index is 1.63. The molecule has 8 nitrogen and oxygen atoms in total. The number of phenols is 1. The smallest absolute Gasteiger partial charge is 0.455 e. The minimum atomic E-state index is -1.05. The normalized spacial score (nSPS) is 25.6. The summed E-state index contributed by atoms with van der Waals surface area (Å²) in [6.45, 7) is 7.95. The van der Waals surface area contributed by atoms with Crippen molar-refractivity contribution in [3.8, 4) is 5.75 Å². The molecule has 0 radical (unpaired) electrons. The second-order valence-electron chi connectivity index (χ2n) is 10.7. The third-order valence-electron chi connectivity index (χ3n) is 8.28. The number of rotatable bonds is 7. The van der Waals surface area contributed by atoms with Crippen molar-refractivity contribution in [2.45, 2.75) is 78.6 Å². The molecule has 3 aliphatic rings. The Bertz CT molecular complexity index is 1170. The molecule has 0 bridgehead atoms. The summed E-state index contributed by atoms with van der Waals surface area (Å²) in [5.41, 5.74) is 6.03. The fourth-order valence-corrected chi connectivity index (χ4v) is 6.55. The first-order valence-corrected chi connectivity index (χ1v) is 13.6. The van der Waals surface area contributed by atoms with Gasteiger partial charge >= 0.3 is 13.2 Å². The summed E-state index contributed by atoms with van der Waals surface area (Å²) in [6, 6.07) is 3.93. The van der Waals surface area contributed by atoms with Crippen LogP contribution in [0.4, 0.5) is 4.79 Å². The van der Waals surface area contributed by atoms with Crippen molar-refractivity contribution in [2.75, 3.05) is 7.11 Å². The number of hydrogen-bond acceptors (Lipinski definition) is 7. The van der Waals surface area contributed by atoms with Crippen molar-refractivity contribution in [1.29, 1.82) is 0 Å². The van der Waals surface area contributed by atoms with E-state index in [1.54, 1.807) is 0 Å². The molecule has 2 heterocycles. The molecule has 38 heavy (non-hydrogen) atoms. The highest BCUT2D eigenvalue weighted by atomic mass is 16.5. The molecule has 1 aromatic carbocycles. The predicted molar refractivity (Wildman–Crippen MR) is 144 cm³/mol. The highest BCUT2D eigenvalue weighted by molar-refractivity contribution is 6.43. The van der Waals surface area contributed by atoms with Crippen LogP contribution in [-0.2, 0) is 19.0 Å². The van der Waals surface area contributed by atoms with E-state index in [9.17, 15) is 24.5 Å². The SMILES string of the molecule is CCCC1=C2[C@@H](CC/C(=C/c3cc(C)c(O)c(C)c3)CC)OB(O)C[C@@H]2[C@@H]2C(=O)N(C(=O)OC)C(=O)[C@@H]2C1. The first-order valence-electron chi connectivity index (χ1n) is 13.6. The van der Waals surface area contributed by atoms with Gasteiger partial charge in [0.05, 0.1) is 25.0 Å². The molecule has 0 saturated carbocycles. The molecular weight excluding hydrogens is 485 g/mol. The molecule has 204 valence electrons. The van der Waals surface area contributed by atoms with Crippen molar-refractivity contribution in [2.24, 2.45) is 17.8 Å². The maximum atomic E-state index is 13.3. The summed E-state index contributed by atoms with van der Waals surface area (Å²) >= 11 is 0. The zero-order chi connectivity index (χ0) is 27.7. The number of phenolic OH excluding ortho intramolecular Hbond substituents is 1. The Morgan fingerprint density at radius 1 is 1.18 bits per heavy atom. The number of carbonyl (C=O) groups excluding carboxylic acids is 3. The number of aryl methyl sites for hydroxylation is 2. The van der Waals surface area contributed by atoms with Crippen LogP contribution in [0.5, 0.6) is 5.75 Å². The van der Waals surface area contributed by atoms with E-state index in [0.29, 0.717) is 23.5 Å². The highest BCUT2D eigenvalue weighted by Gasteiger charge is 2.59. The summed E-state index contributed by atoms with van der Waals surface area (Å²) < 4.78 is 10.8. The molecule has 0 unspecified atom stereocenters. The molecule has 1 aliphatic carbocycles. The number of aromatic hydroxyl groups is 1. The predicted octanol–water partition coefficient (Wildman–Crippen LogP) is 4.95. The van der Waals surface area contributed by atoms with E-state index in [1.165, 1.54) is 5.57 Å². The van der Waals surface area contributed by atoms with Gasteiger partial charge in [0.1, 0.15) is 5.75 Å². The Hall–Kier alpha value is -2.91. The second kappa shape index (κ2) is 11.5. The van der Waals surface area contributed by atoms with Crippen LogP contribution in [-0.4, -0.2) is 53.3 Å². The van der Waals surface area contributed by atoms with E-state index in [0.717, 1.165) is 60.6 Å². The average molecular weight is 523 g/mol. The number of carbonyl (C=O) groups is 3. The molecule has 9 heteroatoms. The van der Waals surface area contributed by atoms with E-state index >= 15 is 0 Å². The molecule has 2 saturated heterocycles. The van der Waals surface area contributed by atoms with Crippen LogP contribution >= 0.6 is 0 Å². The molecule has 0 spiro atoms. The molecule has 2 N–H and O–H groups in total. The Morgan fingerprint density at radius 3 is 2.47 bits per heavy atom. The molecule has 2 fully saturated rings. The number of hydrogen-bond donors (Lipinski definition) is 2. The van der Waals surface area contributed by atoms with Gasteiger partial charge in [-0.2, -0.15) is 4.90 Å². The quantitative estimate of drug-likeness (QED) is 0.296. The number of allylic oxidation sites excluding steroid dienone is 2. The summed E-state index contributed by atoms with van der Waals surface area (Å²) in [4.78, 5) is 39.3. The molecule has 4 rings (SSSR count). The number of ether oxygens (including phenoxy) is 1. The standard InChI is InChI=1S/C29H38BNO7/c1-6-8-20-14-21-25(28(34)31(27(21)33)29(35)37-5)22-15-30(36)38-23(24(20)22)10-9-18(7-2)13-19-11-16(3)26(32)17(4)12-19/h11-13,21-23,25,32,36H,6-10,14-15H2,1-5H3/b18-13+/t21-,22+,23-,25-/m1/s1. The Labute approximate surface area is 224 Å². The first kappa shape index (κ1) is 28.1. The maximum absolute atomic E-state index is 13.3. The zero-order valence-corrected chi connectivity index (χ0v) is 23.0. The third-order valence-corrected chi connectivity index (χ3v) is 8.28. The molecule has 1 aromatic rings. The largest absolute Gasteiger partial charge is 0.507 e. The van der Waals surface area contributed by atoms with Gasteiger partial charge in [0, 0.05) is 0 Å². The van der Waals surface area contributed by atoms with Gasteiger partial charge in [-0.3, -0.25) is 9.59 Å². The number of imide groups is 3. The number of fused-ring (bicyclic) bond motifs is 3. The highest BCUT2D eigenvalue weighted by Crippen LogP contribution is 2.51. The number of nitrogens with zero attached hydrogens (tertiary/aromatic N) is 1. The van der Waals surface area contributed by atoms with Crippen LogP contribution in [0, 0.1) is 31.6 Å². The van der Waals surface area contributed by atoms with Gasteiger partial charge in [0.15, 0.2) is 0 Å². The second-order valence-corrected chi connectivity index (χ2v) is 10.7. The topological polar surface area (TPSA) is 113 Å². The minimum Gasteiger partial charge on any atom is -0.507 e. The average Bonchev–Trinajstić information content (AvgIpc) is 3.13. The van der Waals surface area contributed by atoms with E-state index in [-0.39, 0.29) is 18.3 Å².